The van der Waals surface area contributed by atoms with Crippen LogP contribution in [0.3, 0.4) is 0 Å². The highest BCUT2D eigenvalue weighted by molar-refractivity contribution is 7.19. The van der Waals surface area contributed by atoms with Gasteiger partial charge in [0.25, 0.3) is 5.91 Å². The number of amides is 1. The fraction of sp³-hybridized carbons (Fsp3) is 0.643. The quantitative estimate of drug-likeness (QED) is 0.760. The number of carbonyl (C=O) groups excluding carboxylic acids is 1. The molecule has 1 rings (SSSR count). The van der Waals surface area contributed by atoms with E-state index in [9.17, 15) is 4.79 Å². The summed E-state index contributed by atoms with van der Waals surface area (Å²) in [5, 5.41) is 4.15. The number of nitrogens with one attached hydrogen (secondary N) is 1. The Balaban J connectivity index is 2.80. The lowest BCUT2D eigenvalue weighted by atomic mass is 10.1. The molecule has 0 fully saturated rings. The normalized spacial score (nSPS) is 10.7. The summed E-state index contributed by atoms with van der Waals surface area (Å²) < 4.78 is 5.32. The molecule has 1 amide bonds. The Labute approximate surface area is 125 Å². The molecule has 0 aromatic carbocycles. The monoisotopic (exact) mass is 299 g/mol. The summed E-state index contributed by atoms with van der Waals surface area (Å²) >= 11 is 1.35. The number of nitrogens with zero attached hydrogens (tertiary/aromatic N) is 1. The first-order valence-corrected chi connectivity index (χ1v) is 7.61. The molecule has 1 aromatic heterocycles. The molecule has 0 spiro atoms. The minimum absolute atomic E-state index is 0.0963. The zero-order chi connectivity index (χ0) is 15.3. The summed E-state index contributed by atoms with van der Waals surface area (Å²) in [4.78, 5) is 14.1. The number of nitrogen functional groups attached to an aromatic ring is 1. The average Bonchev–Trinajstić information content (AvgIpc) is 2.69. The van der Waals surface area contributed by atoms with Gasteiger partial charge in [0.2, 0.25) is 0 Å². The van der Waals surface area contributed by atoms with E-state index < -0.39 is 0 Å². The maximum Gasteiger partial charge on any atom is 0.265 e. The molecule has 3 N–H and O–H groups in total. The Bertz CT molecular complexity index is 456. The molecule has 20 heavy (non-hydrogen) atoms. The maximum absolute atomic E-state index is 12.0. The average molecular weight is 299 g/mol. The van der Waals surface area contributed by atoms with Crippen molar-refractivity contribution in [2.75, 3.05) is 38.8 Å². The smallest absolute Gasteiger partial charge is 0.265 e. The first-order valence-electron chi connectivity index (χ1n) is 6.80. The minimum Gasteiger partial charge on any atom is -0.492 e. The van der Waals surface area contributed by atoms with Crippen LogP contribution in [0.4, 0.5) is 10.7 Å². The molecule has 5 nitrogen and oxygen atoms in total. The third kappa shape index (κ3) is 4.03. The van der Waals surface area contributed by atoms with Crippen molar-refractivity contribution in [2.45, 2.75) is 26.7 Å². The number of thiophene rings is 1. The molecule has 114 valence electrons. The summed E-state index contributed by atoms with van der Waals surface area (Å²) in [6.07, 6.45) is 2.25. The largest absolute Gasteiger partial charge is 0.492 e. The lowest BCUT2D eigenvalue weighted by molar-refractivity contribution is 0.0833. The molecule has 0 saturated heterocycles. The molecule has 0 unspecified atom stereocenters. The summed E-state index contributed by atoms with van der Waals surface area (Å²) in [5.41, 5.74) is 6.42. The van der Waals surface area contributed by atoms with E-state index in [1.54, 1.807) is 21.2 Å². The Kier molecular flexibility index (Phi) is 6.13. The van der Waals surface area contributed by atoms with Crippen LogP contribution in [0, 0.1) is 5.92 Å². The van der Waals surface area contributed by atoms with Gasteiger partial charge in [0, 0.05) is 20.6 Å². The first kappa shape index (κ1) is 16.6. The zero-order valence-corrected chi connectivity index (χ0v) is 13.8. The van der Waals surface area contributed by atoms with Crippen molar-refractivity contribution in [3.63, 3.8) is 0 Å². The number of methoxy groups -OCH3 is 1. The van der Waals surface area contributed by atoms with Crippen LogP contribution in [0.25, 0.3) is 0 Å². The van der Waals surface area contributed by atoms with Gasteiger partial charge < -0.3 is 20.7 Å². The van der Waals surface area contributed by atoms with Crippen LogP contribution in [0.15, 0.2) is 0 Å². The lowest BCUT2D eigenvalue weighted by Crippen LogP contribution is -2.21. The van der Waals surface area contributed by atoms with Crippen LogP contribution >= 0.6 is 11.3 Å². The molecule has 0 bridgehead atoms. The molecular weight excluding hydrogens is 274 g/mol. The molecule has 0 aliphatic rings. The van der Waals surface area contributed by atoms with Gasteiger partial charge in [-0.05, 0) is 18.8 Å². The van der Waals surface area contributed by atoms with Crippen LogP contribution in [0.1, 0.15) is 36.4 Å². The predicted molar refractivity (Wildman–Crippen MR) is 85.9 cm³/mol. The second kappa shape index (κ2) is 7.38. The van der Waals surface area contributed by atoms with E-state index >= 15 is 0 Å². The van der Waals surface area contributed by atoms with Crippen molar-refractivity contribution in [2.24, 2.45) is 5.92 Å². The van der Waals surface area contributed by atoms with Gasteiger partial charge in [-0.15, -0.1) is 11.3 Å². The van der Waals surface area contributed by atoms with Gasteiger partial charge in [0.1, 0.15) is 15.6 Å². The number of carbonyl (C=O) groups is 1. The Morgan fingerprint density at radius 2 is 2.10 bits per heavy atom. The number of anilines is 2. The molecule has 0 atom stereocenters. The van der Waals surface area contributed by atoms with Crippen molar-refractivity contribution in [1.29, 1.82) is 0 Å². The standard InChI is InChI=1S/C14H25N3O2S/c1-9(2)7-6-8-16-13-11(19-5)10(15)12(20-13)14(18)17(3)4/h9,16H,6-8,15H2,1-5H3. The second-order valence-electron chi connectivity index (χ2n) is 5.37. The van der Waals surface area contributed by atoms with Crippen LogP contribution in [0.2, 0.25) is 0 Å². The molecule has 0 radical (unpaired) electrons. The van der Waals surface area contributed by atoms with Crippen LogP contribution < -0.4 is 15.8 Å². The van der Waals surface area contributed by atoms with E-state index in [-0.39, 0.29) is 5.91 Å². The summed E-state index contributed by atoms with van der Waals surface area (Å²) in [7, 11) is 5.00. The third-order valence-corrected chi connectivity index (χ3v) is 4.08. The SMILES string of the molecule is COc1c(NCCCC(C)C)sc(C(=O)N(C)C)c1N. The van der Waals surface area contributed by atoms with Crippen molar-refractivity contribution in [3.05, 3.63) is 4.88 Å². The fourth-order valence-electron chi connectivity index (χ4n) is 1.82. The molecule has 1 heterocycles. The molecule has 0 aliphatic carbocycles. The highest BCUT2D eigenvalue weighted by Gasteiger charge is 2.22. The van der Waals surface area contributed by atoms with Crippen LogP contribution in [-0.2, 0) is 0 Å². The first-order chi connectivity index (χ1) is 9.38. The van der Waals surface area contributed by atoms with E-state index in [1.807, 2.05) is 0 Å². The van der Waals surface area contributed by atoms with Gasteiger partial charge in [0.05, 0.1) is 7.11 Å². The summed E-state index contributed by atoms with van der Waals surface area (Å²) in [5.74, 6) is 1.17. The summed E-state index contributed by atoms with van der Waals surface area (Å²) in [6, 6.07) is 0. The second-order valence-corrected chi connectivity index (χ2v) is 6.39. The molecule has 0 aliphatic heterocycles. The summed E-state index contributed by atoms with van der Waals surface area (Å²) in [6.45, 7) is 5.26. The Morgan fingerprint density at radius 3 is 2.60 bits per heavy atom. The number of hydrogen-bond acceptors (Lipinski definition) is 5. The number of rotatable bonds is 7. The lowest BCUT2D eigenvalue weighted by Gasteiger charge is -2.08. The van der Waals surface area contributed by atoms with Crippen LogP contribution in [-0.4, -0.2) is 38.6 Å². The zero-order valence-electron chi connectivity index (χ0n) is 12.9. The van der Waals surface area contributed by atoms with Crippen molar-refractivity contribution < 1.29 is 9.53 Å². The van der Waals surface area contributed by atoms with E-state index in [0.717, 1.165) is 18.0 Å². The molecule has 0 saturated carbocycles. The predicted octanol–water partition coefficient (Wildman–Crippen LogP) is 2.89. The van der Waals surface area contributed by atoms with Gasteiger partial charge in [-0.25, -0.2) is 0 Å². The highest BCUT2D eigenvalue weighted by atomic mass is 32.1. The van der Waals surface area contributed by atoms with Gasteiger partial charge in [0.15, 0.2) is 5.75 Å². The van der Waals surface area contributed by atoms with Crippen LogP contribution in [0.5, 0.6) is 5.75 Å². The highest BCUT2D eigenvalue weighted by Crippen LogP contribution is 2.42. The van der Waals surface area contributed by atoms with E-state index in [2.05, 4.69) is 19.2 Å². The maximum atomic E-state index is 12.0. The van der Waals surface area contributed by atoms with Gasteiger partial charge in [-0.2, -0.15) is 0 Å². The molecule has 1 aromatic rings. The topological polar surface area (TPSA) is 67.6 Å². The Morgan fingerprint density at radius 1 is 1.45 bits per heavy atom. The van der Waals surface area contributed by atoms with Crippen molar-refractivity contribution in [1.82, 2.24) is 4.90 Å². The van der Waals surface area contributed by atoms with E-state index in [4.69, 9.17) is 10.5 Å². The molecular formula is C14H25N3O2S. The number of ether oxygens (including phenoxy) is 1. The molecule has 6 heteroatoms. The van der Waals surface area contributed by atoms with Gasteiger partial charge in [-0.3, -0.25) is 4.79 Å². The van der Waals surface area contributed by atoms with E-state index in [0.29, 0.717) is 22.2 Å². The minimum atomic E-state index is -0.0963. The van der Waals surface area contributed by atoms with Crippen molar-refractivity contribution in [3.8, 4) is 5.75 Å². The Hall–Kier alpha value is -1.43. The third-order valence-electron chi connectivity index (χ3n) is 2.95. The van der Waals surface area contributed by atoms with Gasteiger partial charge in [-0.1, -0.05) is 13.8 Å². The van der Waals surface area contributed by atoms with Gasteiger partial charge >= 0.3 is 0 Å². The fourth-order valence-corrected chi connectivity index (χ4v) is 2.96. The number of nitrogens with two attached hydrogens (primary N) is 1. The van der Waals surface area contributed by atoms with E-state index in [1.165, 1.54) is 22.7 Å². The van der Waals surface area contributed by atoms with Crippen molar-refractivity contribution >= 4 is 27.9 Å². The number of hydrogen-bond donors (Lipinski definition) is 2.